The maximum Gasteiger partial charge on any atom is 0.304 e. The molecule has 0 unspecified atom stereocenters. The predicted octanol–water partition coefficient (Wildman–Crippen LogP) is 4.42. The Bertz CT molecular complexity index is 548. The summed E-state index contributed by atoms with van der Waals surface area (Å²) in [7, 11) is 1.57. The van der Waals surface area contributed by atoms with E-state index in [2.05, 4.69) is 0 Å². The Morgan fingerprint density at radius 3 is 2.55 bits per heavy atom. The van der Waals surface area contributed by atoms with Gasteiger partial charge in [0.25, 0.3) is 0 Å². The van der Waals surface area contributed by atoms with Gasteiger partial charge in [-0.05, 0) is 43.4 Å². The van der Waals surface area contributed by atoms with E-state index in [1.54, 1.807) is 13.2 Å². The van der Waals surface area contributed by atoms with E-state index in [1.807, 2.05) is 19.9 Å². The molecular weight excluding hydrogens is 304 g/mol. The largest absolute Gasteiger partial charge is 0.493 e. The van der Waals surface area contributed by atoms with Gasteiger partial charge in [0.1, 0.15) is 0 Å². The number of carboxylic acid groups (broad SMARTS) is 1. The molecule has 1 aliphatic rings. The number of ether oxygens (including phenoxy) is 2. The number of hydrogen-bond acceptors (Lipinski definition) is 3. The molecule has 0 spiro atoms. The quantitative estimate of drug-likeness (QED) is 0.840. The summed E-state index contributed by atoms with van der Waals surface area (Å²) in [6.45, 7) is 3.76. The first-order chi connectivity index (χ1) is 10.3. The first-order valence-corrected chi connectivity index (χ1v) is 7.98. The first-order valence-electron chi connectivity index (χ1n) is 7.60. The van der Waals surface area contributed by atoms with Crippen LogP contribution in [0.2, 0.25) is 5.02 Å². The molecule has 0 aromatic heterocycles. The van der Waals surface area contributed by atoms with Crippen LogP contribution in [0, 0.1) is 0 Å². The molecule has 4 nitrogen and oxygen atoms in total. The highest BCUT2D eigenvalue weighted by Crippen LogP contribution is 2.42. The fourth-order valence-electron chi connectivity index (χ4n) is 2.88. The normalized spacial score (nSPS) is 15.8. The first kappa shape index (κ1) is 16.9. The Balaban J connectivity index is 2.32. The maximum atomic E-state index is 11.0. The third kappa shape index (κ3) is 3.86. The molecule has 5 heteroatoms. The monoisotopic (exact) mass is 326 g/mol. The Labute approximate surface area is 136 Å². The van der Waals surface area contributed by atoms with Gasteiger partial charge in [-0.2, -0.15) is 0 Å². The SMILES string of the molecule is COc1cc(C(C)(C)CC(=O)O)cc(Cl)c1OC1CCCC1. The molecule has 22 heavy (non-hydrogen) atoms. The number of carbonyl (C=O) groups is 1. The third-order valence-corrected chi connectivity index (χ3v) is 4.47. The van der Waals surface area contributed by atoms with Crippen molar-refractivity contribution in [2.75, 3.05) is 7.11 Å². The minimum absolute atomic E-state index is 0.0231. The number of hydrogen-bond donors (Lipinski definition) is 1. The number of rotatable bonds is 6. The Morgan fingerprint density at radius 1 is 1.36 bits per heavy atom. The average molecular weight is 327 g/mol. The minimum atomic E-state index is -0.841. The molecule has 0 atom stereocenters. The minimum Gasteiger partial charge on any atom is -0.493 e. The summed E-state index contributed by atoms with van der Waals surface area (Å²) in [5.74, 6) is 0.283. The molecule has 0 heterocycles. The second-order valence-electron chi connectivity index (χ2n) is 6.47. The van der Waals surface area contributed by atoms with Crippen molar-refractivity contribution in [3.63, 3.8) is 0 Å². The molecule has 1 N–H and O–H groups in total. The second kappa shape index (κ2) is 6.78. The van der Waals surface area contributed by atoms with Crippen LogP contribution < -0.4 is 9.47 Å². The molecule has 0 saturated heterocycles. The van der Waals surface area contributed by atoms with Gasteiger partial charge in [-0.1, -0.05) is 25.4 Å². The summed E-state index contributed by atoms with van der Waals surface area (Å²) in [5.41, 5.74) is 0.296. The molecule has 0 bridgehead atoms. The van der Waals surface area contributed by atoms with Crippen LogP contribution >= 0.6 is 11.6 Å². The molecule has 1 aliphatic carbocycles. The van der Waals surface area contributed by atoms with Gasteiger partial charge in [-0.3, -0.25) is 4.79 Å². The molecule has 1 fully saturated rings. The summed E-state index contributed by atoms with van der Waals surface area (Å²) in [4.78, 5) is 11.0. The number of methoxy groups -OCH3 is 1. The van der Waals surface area contributed by atoms with Gasteiger partial charge < -0.3 is 14.6 Å². The summed E-state index contributed by atoms with van der Waals surface area (Å²) < 4.78 is 11.4. The number of halogens is 1. The lowest BCUT2D eigenvalue weighted by Gasteiger charge is -2.25. The lowest BCUT2D eigenvalue weighted by Crippen LogP contribution is -2.22. The van der Waals surface area contributed by atoms with Gasteiger partial charge in [0.2, 0.25) is 0 Å². The number of carboxylic acids is 1. The topological polar surface area (TPSA) is 55.8 Å². The third-order valence-electron chi connectivity index (χ3n) is 4.19. The van der Waals surface area contributed by atoms with E-state index in [0.29, 0.717) is 16.5 Å². The van der Waals surface area contributed by atoms with Crippen molar-refractivity contribution >= 4 is 17.6 Å². The van der Waals surface area contributed by atoms with Crippen LogP contribution in [0.15, 0.2) is 12.1 Å². The maximum absolute atomic E-state index is 11.0. The van der Waals surface area contributed by atoms with Crippen molar-refractivity contribution < 1.29 is 19.4 Å². The smallest absolute Gasteiger partial charge is 0.304 e. The van der Waals surface area contributed by atoms with Crippen molar-refractivity contribution in [1.82, 2.24) is 0 Å². The van der Waals surface area contributed by atoms with Crippen molar-refractivity contribution in [2.24, 2.45) is 0 Å². The highest BCUT2D eigenvalue weighted by Gasteiger charge is 2.28. The van der Waals surface area contributed by atoms with Crippen LogP contribution in [0.5, 0.6) is 11.5 Å². The van der Waals surface area contributed by atoms with Gasteiger partial charge >= 0.3 is 5.97 Å². The van der Waals surface area contributed by atoms with E-state index in [1.165, 1.54) is 12.8 Å². The molecule has 0 aliphatic heterocycles. The van der Waals surface area contributed by atoms with Gasteiger partial charge in [-0.15, -0.1) is 0 Å². The predicted molar refractivity (Wildman–Crippen MR) is 86.2 cm³/mol. The number of aliphatic carboxylic acids is 1. The van der Waals surface area contributed by atoms with Crippen LogP contribution in [0.3, 0.4) is 0 Å². The highest BCUT2D eigenvalue weighted by molar-refractivity contribution is 6.32. The second-order valence-corrected chi connectivity index (χ2v) is 6.88. The Kier molecular flexibility index (Phi) is 5.22. The summed E-state index contributed by atoms with van der Waals surface area (Å²) >= 11 is 6.38. The molecule has 0 amide bonds. The van der Waals surface area contributed by atoms with Crippen LogP contribution in [-0.2, 0) is 10.2 Å². The lowest BCUT2D eigenvalue weighted by molar-refractivity contribution is -0.138. The molecule has 1 aromatic carbocycles. The van der Waals surface area contributed by atoms with Gasteiger partial charge in [0.15, 0.2) is 11.5 Å². The summed E-state index contributed by atoms with van der Waals surface area (Å²) in [5, 5.41) is 9.53. The zero-order valence-electron chi connectivity index (χ0n) is 13.3. The highest BCUT2D eigenvalue weighted by atomic mass is 35.5. The fraction of sp³-hybridized carbons (Fsp3) is 0.588. The van der Waals surface area contributed by atoms with E-state index >= 15 is 0 Å². The van der Waals surface area contributed by atoms with Gasteiger partial charge in [0.05, 0.1) is 24.7 Å². The zero-order chi connectivity index (χ0) is 16.3. The summed E-state index contributed by atoms with van der Waals surface area (Å²) in [6.07, 6.45) is 4.62. The van der Waals surface area contributed by atoms with Crippen LogP contribution in [-0.4, -0.2) is 24.3 Å². The van der Waals surface area contributed by atoms with E-state index < -0.39 is 11.4 Å². The molecular formula is C17H23ClO4. The average Bonchev–Trinajstić information content (AvgIpc) is 2.92. The Morgan fingerprint density at radius 2 is 2.00 bits per heavy atom. The number of benzene rings is 1. The standard InChI is InChI=1S/C17H23ClO4/c1-17(2,10-15(19)20)11-8-13(18)16(14(9-11)21-3)22-12-6-4-5-7-12/h8-9,12H,4-7,10H2,1-3H3,(H,19,20). The van der Waals surface area contributed by atoms with E-state index in [4.69, 9.17) is 26.2 Å². The van der Waals surface area contributed by atoms with Crippen LogP contribution in [0.4, 0.5) is 0 Å². The molecule has 1 saturated carbocycles. The summed E-state index contributed by atoms with van der Waals surface area (Å²) in [6, 6.07) is 3.62. The zero-order valence-corrected chi connectivity index (χ0v) is 14.1. The molecule has 2 rings (SSSR count). The molecule has 122 valence electrons. The molecule has 1 aromatic rings. The van der Waals surface area contributed by atoms with Gasteiger partial charge in [0, 0.05) is 5.41 Å². The van der Waals surface area contributed by atoms with Crippen LogP contribution in [0.25, 0.3) is 0 Å². The van der Waals surface area contributed by atoms with Crippen molar-refractivity contribution in [3.8, 4) is 11.5 Å². The van der Waals surface area contributed by atoms with Crippen LogP contribution in [0.1, 0.15) is 51.5 Å². The van der Waals surface area contributed by atoms with Gasteiger partial charge in [-0.25, -0.2) is 0 Å². The molecule has 0 radical (unpaired) electrons. The lowest BCUT2D eigenvalue weighted by atomic mass is 9.81. The van der Waals surface area contributed by atoms with Crippen molar-refractivity contribution in [2.45, 2.75) is 57.5 Å². The fourth-order valence-corrected chi connectivity index (χ4v) is 3.13. The van der Waals surface area contributed by atoms with Crippen molar-refractivity contribution in [3.05, 3.63) is 22.7 Å². The van der Waals surface area contributed by atoms with Crippen molar-refractivity contribution in [1.29, 1.82) is 0 Å². The Hall–Kier alpha value is -1.42. The van der Waals surface area contributed by atoms with E-state index in [-0.39, 0.29) is 12.5 Å². The van der Waals surface area contributed by atoms with E-state index in [0.717, 1.165) is 18.4 Å². The van der Waals surface area contributed by atoms with E-state index in [9.17, 15) is 4.79 Å².